The van der Waals surface area contributed by atoms with Gasteiger partial charge in [-0.15, -0.1) is 0 Å². The van der Waals surface area contributed by atoms with Gasteiger partial charge in [0.15, 0.2) is 0 Å². The van der Waals surface area contributed by atoms with Gasteiger partial charge in [-0.25, -0.2) is 4.98 Å². The Morgan fingerprint density at radius 3 is 2.60 bits per heavy atom. The van der Waals surface area contributed by atoms with Gasteiger partial charge in [0.2, 0.25) is 0 Å². The summed E-state index contributed by atoms with van der Waals surface area (Å²) in [4.78, 5) is 6.40. The van der Waals surface area contributed by atoms with E-state index in [-0.39, 0.29) is 6.04 Å². The van der Waals surface area contributed by atoms with Crippen LogP contribution >= 0.6 is 0 Å². The molecule has 20 heavy (non-hydrogen) atoms. The molecule has 1 aromatic carbocycles. The number of nitrogens with two attached hydrogens (primary N) is 1. The topological polar surface area (TPSA) is 47.1 Å². The van der Waals surface area contributed by atoms with Crippen LogP contribution in [0, 0.1) is 5.92 Å². The molecule has 0 aliphatic carbocycles. The molecule has 1 atom stereocenters. The molecule has 0 aliphatic heterocycles. The third-order valence-corrected chi connectivity index (χ3v) is 3.40. The van der Waals surface area contributed by atoms with E-state index < -0.39 is 0 Å². The van der Waals surface area contributed by atoms with Gasteiger partial charge in [0.25, 0.3) is 0 Å². The maximum Gasteiger partial charge on any atom is 0.0995 e. The Morgan fingerprint density at radius 1 is 1.25 bits per heavy atom. The number of imidazole rings is 1. The number of aromatic nitrogens is 2. The second-order valence-electron chi connectivity index (χ2n) is 5.81. The first kappa shape index (κ1) is 14.6. The Kier molecular flexibility index (Phi) is 4.45. The molecule has 2 rings (SSSR count). The van der Waals surface area contributed by atoms with Crippen LogP contribution in [0.25, 0.3) is 5.69 Å². The fraction of sp³-hybridized carbons (Fsp3) is 0.438. The van der Waals surface area contributed by atoms with Crippen LogP contribution in [0.5, 0.6) is 0 Å². The Morgan fingerprint density at radius 2 is 1.95 bits per heavy atom. The first-order valence-corrected chi connectivity index (χ1v) is 7.05. The Balaban J connectivity index is 2.42. The maximum atomic E-state index is 6.33. The van der Waals surface area contributed by atoms with E-state index in [1.165, 1.54) is 0 Å². The molecular weight excluding hydrogens is 248 g/mol. The van der Waals surface area contributed by atoms with E-state index in [9.17, 15) is 0 Å². The van der Waals surface area contributed by atoms with E-state index >= 15 is 0 Å². The standard InChI is InChI=1S/C16H24N4/c1-12(2)9-13(17)16-10-18-11-20(16)15-8-6-5-7-14(15)19(3)4/h5-8,10-13H,9,17H2,1-4H3. The summed E-state index contributed by atoms with van der Waals surface area (Å²) in [5, 5.41) is 0. The summed E-state index contributed by atoms with van der Waals surface area (Å²) in [7, 11) is 4.09. The molecule has 1 heterocycles. The molecule has 0 aliphatic rings. The van der Waals surface area contributed by atoms with Crippen LogP contribution in [0.15, 0.2) is 36.8 Å². The van der Waals surface area contributed by atoms with E-state index in [0.29, 0.717) is 5.92 Å². The SMILES string of the molecule is CC(C)CC(N)c1cncn1-c1ccccc1N(C)C. The van der Waals surface area contributed by atoms with E-state index in [1.807, 2.05) is 38.8 Å². The van der Waals surface area contributed by atoms with Crippen molar-refractivity contribution in [3.05, 3.63) is 42.5 Å². The zero-order valence-electron chi connectivity index (χ0n) is 12.7. The van der Waals surface area contributed by atoms with Crippen molar-refractivity contribution in [2.75, 3.05) is 19.0 Å². The quantitative estimate of drug-likeness (QED) is 0.910. The monoisotopic (exact) mass is 272 g/mol. The lowest BCUT2D eigenvalue weighted by atomic mass is 10.0. The average molecular weight is 272 g/mol. The van der Waals surface area contributed by atoms with Gasteiger partial charge in [0.1, 0.15) is 0 Å². The summed E-state index contributed by atoms with van der Waals surface area (Å²) in [6.07, 6.45) is 4.67. The molecule has 1 aromatic heterocycles. The molecule has 4 heteroatoms. The fourth-order valence-electron chi connectivity index (χ4n) is 2.46. The van der Waals surface area contributed by atoms with Gasteiger partial charge in [0, 0.05) is 20.1 Å². The van der Waals surface area contributed by atoms with Crippen molar-refractivity contribution in [3.8, 4) is 5.69 Å². The minimum atomic E-state index is 0.00715. The highest BCUT2D eigenvalue weighted by molar-refractivity contribution is 5.62. The molecule has 0 spiro atoms. The lowest BCUT2D eigenvalue weighted by Crippen LogP contribution is -2.18. The summed E-state index contributed by atoms with van der Waals surface area (Å²) >= 11 is 0. The van der Waals surface area contributed by atoms with Crippen molar-refractivity contribution >= 4 is 5.69 Å². The smallest absolute Gasteiger partial charge is 0.0995 e. The van der Waals surface area contributed by atoms with Gasteiger partial charge in [-0.3, -0.25) is 4.57 Å². The minimum Gasteiger partial charge on any atom is -0.376 e. The molecule has 1 unspecified atom stereocenters. The number of benzene rings is 1. The highest BCUT2D eigenvalue weighted by atomic mass is 15.1. The van der Waals surface area contributed by atoms with Gasteiger partial charge in [-0.1, -0.05) is 26.0 Å². The van der Waals surface area contributed by atoms with Crippen molar-refractivity contribution < 1.29 is 0 Å². The van der Waals surface area contributed by atoms with Crippen LogP contribution in [-0.2, 0) is 0 Å². The summed E-state index contributed by atoms with van der Waals surface area (Å²) in [6, 6.07) is 8.30. The van der Waals surface area contributed by atoms with Crippen LogP contribution in [0.3, 0.4) is 0 Å². The predicted octanol–water partition coefficient (Wildman–Crippen LogP) is 2.98. The molecule has 108 valence electrons. The zero-order chi connectivity index (χ0) is 14.7. The third-order valence-electron chi connectivity index (χ3n) is 3.40. The average Bonchev–Trinajstić information content (AvgIpc) is 2.87. The van der Waals surface area contributed by atoms with E-state index in [2.05, 4.69) is 40.4 Å². The summed E-state index contributed by atoms with van der Waals surface area (Å²) < 4.78 is 2.10. The normalized spacial score (nSPS) is 12.7. The predicted molar refractivity (Wildman–Crippen MR) is 84.3 cm³/mol. The van der Waals surface area contributed by atoms with E-state index in [1.54, 1.807) is 0 Å². The first-order valence-electron chi connectivity index (χ1n) is 7.05. The van der Waals surface area contributed by atoms with Crippen LogP contribution in [0.2, 0.25) is 0 Å². The molecule has 2 N–H and O–H groups in total. The lowest BCUT2D eigenvalue weighted by Gasteiger charge is -2.21. The van der Waals surface area contributed by atoms with Crippen molar-refractivity contribution in [2.24, 2.45) is 11.7 Å². The minimum absolute atomic E-state index is 0.00715. The number of hydrogen-bond acceptors (Lipinski definition) is 3. The van der Waals surface area contributed by atoms with Gasteiger partial charge in [-0.2, -0.15) is 0 Å². The van der Waals surface area contributed by atoms with Crippen molar-refractivity contribution in [2.45, 2.75) is 26.3 Å². The van der Waals surface area contributed by atoms with Crippen LogP contribution in [0.4, 0.5) is 5.69 Å². The molecule has 2 aromatic rings. The highest BCUT2D eigenvalue weighted by Gasteiger charge is 2.16. The number of hydrogen-bond donors (Lipinski definition) is 1. The van der Waals surface area contributed by atoms with Gasteiger partial charge in [-0.05, 0) is 24.5 Å². The summed E-state index contributed by atoms with van der Waals surface area (Å²) in [5.41, 5.74) is 9.66. The van der Waals surface area contributed by atoms with E-state index in [4.69, 9.17) is 5.73 Å². The van der Waals surface area contributed by atoms with Crippen LogP contribution in [0.1, 0.15) is 32.0 Å². The van der Waals surface area contributed by atoms with Crippen LogP contribution < -0.4 is 10.6 Å². The van der Waals surface area contributed by atoms with Gasteiger partial charge in [0.05, 0.1) is 29.6 Å². The highest BCUT2D eigenvalue weighted by Crippen LogP contribution is 2.27. The first-order chi connectivity index (χ1) is 9.50. The number of rotatable bonds is 5. The second kappa shape index (κ2) is 6.09. The Bertz CT molecular complexity index is 557. The molecule has 0 amide bonds. The molecule has 4 nitrogen and oxygen atoms in total. The zero-order valence-corrected chi connectivity index (χ0v) is 12.7. The number of nitrogens with zero attached hydrogens (tertiary/aromatic N) is 3. The van der Waals surface area contributed by atoms with E-state index in [0.717, 1.165) is 23.5 Å². The molecule has 0 bridgehead atoms. The summed E-state index contributed by atoms with van der Waals surface area (Å²) in [5.74, 6) is 0.567. The van der Waals surface area contributed by atoms with Gasteiger partial charge >= 0.3 is 0 Å². The number of para-hydroxylation sites is 2. The summed E-state index contributed by atoms with van der Waals surface area (Å²) in [6.45, 7) is 4.38. The second-order valence-corrected chi connectivity index (χ2v) is 5.81. The fourth-order valence-corrected chi connectivity index (χ4v) is 2.46. The molecular formula is C16H24N4. The molecule has 0 fully saturated rings. The lowest BCUT2D eigenvalue weighted by molar-refractivity contribution is 0.498. The Labute approximate surface area is 121 Å². The van der Waals surface area contributed by atoms with Crippen molar-refractivity contribution in [1.82, 2.24) is 9.55 Å². The number of anilines is 1. The van der Waals surface area contributed by atoms with Gasteiger partial charge < -0.3 is 10.6 Å². The molecule has 0 radical (unpaired) electrons. The van der Waals surface area contributed by atoms with Crippen LogP contribution in [-0.4, -0.2) is 23.6 Å². The third kappa shape index (κ3) is 3.02. The van der Waals surface area contributed by atoms with Crippen molar-refractivity contribution in [3.63, 3.8) is 0 Å². The molecule has 0 saturated heterocycles. The molecule has 0 saturated carbocycles. The Hall–Kier alpha value is -1.81. The largest absolute Gasteiger partial charge is 0.376 e. The van der Waals surface area contributed by atoms with Crippen molar-refractivity contribution in [1.29, 1.82) is 0 Å². The maximum absolute atomic E-state index is 6.33.